The maximum absolute atomic E-state index is 12.5. The molecule has 1 rings (SSSR count). The van der Waals surface area contributed by atoms with E-state index in [2.05, 4.69) is 21.2 Å². The zero-order chi connectivity index (χ0) is 15.7. The fraction of sp³-hybridized carbons (Fsp3) is 0.500. The molecule has 0 aliphatic heterocycles. The van der Waals surface area contributed by atoms with Gasteiger partial charge >= 0.3 is 0 Å². The zero-order valence-electron chi connectivity index (χ0n) is 12.7. The predicted octanol–water partition coefficient (Wildman–Crippen LogP) is 2.96. The molecule has 0 unspecified atom stereocenters. The molecule has 1 aromatic rings. The second kappa shape index (κ2) is 9.55. The van der Waals surface area contributed by atoms with Crippen LogP contribution in [0.15, 0.2) is 24.3 Å². The van der Waals surface area contributed by atoms with Crippen LogP contribution in [0.3, 0.4) is 0 Å². The largest absolute Gasteiger partial charge is 0.355 e. The first-order valence-electron chi connectivity index (χ1n) is 7.33. The van der Waals surface area contributed by atoms with Gasteiger partial charge in [-0.2, -0.15) is 0 Å². The van der Waals surface area contributed by atoms with Crippen molar-refractivity contribution >= 4 is 27.7 Å². The molecular weight excluding hydrogens is 332 g/mol. The van der Waals surface area contributed by atoms with Crippen molar-refractivity contribution in [2.45, 2.75) is 32.0 Å². The normalized spacial score (nSPS) is 10.2. The lowest BCUT2D eigenvalue weighted by Gasteiger charge is -2.21. The van der Waals surface area contributed by atoms with Crippen molar-refractivity contribution < 1.29 is 9.59 Å². The lowest BCUT2D eigenvalue weighted by Crippen LogP contribution is -2.41. The molecule has 5 heteroatoms. The highest BCUT2D eigenvalue weighted by molar-refractivity contribution is 9.08. The first-order chi connectivity index (χ1) is 10.1. The Hall–Kier alpha value is -1.36. The maximum Gasteiger partial charge on any atom is 0.254 e. The Morgan fingerprint density at radius 3 is 2.33 bits per heavy atom. The van der Waals surface area contributed by atoms with E-state index in [-0.39, 0.29) is 18.4 Å². The van der Waals surface area contributed by atoms with Crippen LogP contribution in [0.2, 0.25) is 0 Å². The summed E-state index contributed by atoms with van der Waals surface area (Å²) >= 11 is 3.38. The van der Waals surface area contributed by atoms with E-state index in [1.165, 1.54) is 0 Å². The topological polar surface area (TPSA) is 49.4 Å². The molecule has 0 aliphatic rings. The molecule has 4 nitrogen and oxygen atoms in total. The summed E-state index contributed by atoms with van der Waals surface area (Å²) in [5, 5.41) is 3.57. The monoisotopic (exact) mass is 354 g/mol. The van der Waals surface area contributed by atoms with E-state index >= 15 is 0 Å². The highest BCUT2D eigenvalue weighted by atomic mass is 79.9. The van der Waals surface area contributed by atoms with Crippen LogP contribution in [0.25, 0.3) is 0 Å². The van der Waals surface area contributed by atoms with E-state index < -0.39 is 0 Å². The van der Waals surface area contributed by atoms with Crippen LogP contribution in [0.5, 0.6) is 0 Å². The number of rotatable bonds is 8. The lowest BCUT2D eigenvalue weighted by molar-refractivity contribution is -0.121. The van der Waals surface area contributed by atoms with Crippen molar-refractivity contribution in [1.82, 2.24) is 10.2 Å². The van der Waals surface area contributed by atoms with Crippen molar-refractivity contribution in [3.05, 3.63) is 35.4 Å². The van der Waals surface area contributed by atoms with Crippen molar-refractivity contribution in [2.75, 3.05) is 19.6 Å². The SMILES string of the molecule is CCCNC(=O)CN(CCC)C(=O)c1ccc(CBr)cc1. The highest BCUT2D eigenvalue weighted by Crippen LogP contribution is 2.10. The second-order valence-corrected chi connectivity index (χ2v) is 5.47. The summed E-state index contributed by atoms with van der Waals surface area (Å²) in [6.07, 6.45) is 1.72. The number of halogens is 1. The summed E-state index contributed by atoms with van der Waals surface area (Å²) in [4.78, 5) is 25.9. The van der Waals surface area contributed by atoms with Crippen LogP contribution in [0, 0.1) is 0 Å². The summed E-state index contributed by atoms with van der Waals surface area (Å²) in [6, 6.07) is 7.46. The third kappa shape index (κ3) is 5.87. The van der Waals surface area contributed by atoms with Gasteiger partial charge < -0.3 is 10.2 Å². The summed E-state index contributed by atoms with van der Waals surface area (Å²) < 4.78 is 0. The Bertz CT molecular complexity index is 460. The fourth-order valence-corrected chi connectivity index (χ4v) is 2.31. The Labute approximate surface area is 135 Å². The minimum Gasteiger partial charge on any atom is -0.355 e. The molecule has 0 atom stereocenters. The molecule has 0 radical (unpaired) electrons. The average molecular weight is 355 g/mol. The number of benzene rings is 1. The van der Waals surface area contributed by atoms with Crippen LogP contribution in [-0.4, -0.2) is 36.3 Å². The van der Waals surface area contributed by atoms with Gasteiger partial charge in [0.1, 0.15) is 0 Å². The van der Waals surface area contributed by atoms with Crippen LogP contribution >= 0.6 is 15.9 Å². The lowest BCUT2D eigenvalue weighted by atomic mass is 10.1. The molecule has 1 aromatic carbocycles. The number of nitrogens with one attached hydrogen (secondary N) is 1. The van der Waals surface area contributed by atoms with E-state index in [0.717, 1.165) is 23.7 Å². The third-order valence-corrected chi connectivity index (χ3v) is 3.69. The first kappa shape index (κ1) is 17.7. The van der Waals surface area contributed by atoms with Gasteiger partial charge in [-0.25, -0.2) is 0 Å². The van der Waals surface area contributed by atoms with Gasteiger partial charge in [0, 0.05) is 24.0 Å². The second-order valence-electron chi connectivity index (χ2n) is 4.91. The van der Waals surface area contributed by atoms with Crippen molar-refractivity contribution in [2.24, 2.45) is 0 Å². The molecule has 21 heavy (non-hydrogen) atoms. The van der Waals surface area contributed by atoms with Gasteiger partial charge in [-0.15, -0.1) is 0 Å². The number of carbonyl (C=O) groups excluding carboxylic acids is 2. The smallest absolute Gasteiger partial charge is 0.254 e. The molecule has 0 saturated carbocycles. The highest BCUT2D eigenvalue weighted by Gasteiger charge is 2.17. The van der Waals surface area contributed by atoms with Crippen molar-refractivity contribution in [3.63, 3.8) is 0 Å². The molecule has 116 valence electrons. The van der Waals surface area contributed by atoms with Gasteiger partial charge in [0.25, 0.3) is 5.91 Å². The van der Waals surface area contributed by atoms with Gasteiger partial charge in [-0.05, 0) is 30.5 Å². The quantitative estimate of drug-likeness (QED) is 0.729. The minimum atomic E-state index is -0.101. The van der Waals surface area contributed by atoms with E-state index in [4.69, 9.17) is 0 Å². The van der Waals surface area contributed by atoms with Gasteiger partial charge in [0.05, 0.1) is 6.54 Å². The van der Waals surface area contributed by atoms with Crippen LogP contribution in [0.4, 0.5) is 0 Å². The molecule has 0 aliphatic carbocycles. The van der Waals surface area contributed by atoms with Gasteiger partial charge in [0.15, 0.2) is 0 Å². The van der Waals surface area contributed by atoms with E-state index in [9.17, 15) is 9.59 Å². The summed E-state index contributed by atoms with van der Waals surface area (Å²) in [5.41, 5.74) is 1.74. The van der Waals surface area contributed by atoms with Crippen LogP contribution in [0.1, 0.15) is 42.6 Å². The first-order valence-corrected chi connectivity index (χ1v) is 8.45. The maximum atomic E-state index is 12.5. The molecule has 0 bridgehead atoms. The number of hydrogen-bond acceptors (Lipinski definition) is 2. The van der Waals surface area contributed by atoms with E-state index in [0.29, 0.717) is 18.7 Å². The van der Waals surface area contributed by atoms with Gasteiger partial charge in [0.2, 0.25) is 5.91 Å². The molecular formula is C16H23BrN2O2. The number of alkyl halides is 1. The Morgan fingerprint density at radius 2 is 1.81 bits per heavy atom. The molecule has 0 aromatic heterocycles. The molecule has 0 heterocycles. The Morgan fingerprint density at radius 1 is 1.14 bits per heavy atom. The molecule has 0 spiro atoms. The molecule has 0 fully saturated rings. The van der Waals surface area contributed by atoms with Crippen LogP contribution in [-0.2, 0) is 10.1 Å². The standard InChI is InChI=1S/C16H23BrN2O2/c1-3-9-18-15(20)12-19(10-4-2)16(21)14-7-5-13(11-17)6-8-14/h5-8H,3-4,9-12H2,1-2H3,(H,18,20). The third-order valence-electron chi connectivity index (χ3n) is 3.04. The number of nitrogens with zero attached hydrogens (tertiary/aromatic N) is 1. The minimum absolute atomic E-state index is 0.0929. The Kier molecular flexibility index (Phi) is 8.05. The zero-order valence-corrected chi connectivity index (χ0v) is 14.3. The predicted molar refractivity (Wildman–Crippen MR) is 88.6 cm³/mol. The van der Waals surface area contributed by atoms with Crippen molar-refractivity contribution in [1.29, 1.82) is 0 Å². The number of carbonyl (C=O) groups is 2. The fourth-order valence-electron chi connectivity index (χ4n) is 1.93. The van der Waals surface area contributed by atoms with Gasteiger partial charge in [-0.3, -0.25) is 9.59 Å². The molecule has 1 N–H and O–H groups in total. The van der Waals surface area contributed by atoms with Gasteiger partial charge in [-0.1, -0.05) is 41.9 Å². The number of hydrogen-bond donors (Lipinski definition) is 1. The van der Waals surface area contributed by atoms with E-state index in [1.807, 2.05) is 38.1 Å². The summed E-state index contributed by atoms with van der Waals surface area (Å²) in [7, 11) is 0. The average Bonchev–Trinajstić information content (AvgIpc) is 2.52. The molecule has 0 saturated heterocycles. The Balaban J connectivity index is 2.73. The van der Waals surface area contributed by atoms with E-state index in [1.54, 1.807) is 4.90 Å². The summed E-state index contributed by atoms with van der Waals surface area (Å²) in [5.74, 6) is -0.194. The number of amides is 2. The van der Waals surface area contributed by atoms with Crippen molar-refractivity contribution in [3.8, 4) is 0 Å². The summed E-state index contributed by atoms with van der Waals surface area (Å²) in [6.45, 7) is 5.34. The van der Waals surface area contributed by atoms with Crippen LogP contribution < -0.4 is 5.32 Å². The molecule has 2 amide bonds.